The molecule has 3 N–H and O–H groups in total. The Balaban J connectivity index is 2.19. The van der Waals surface area contributed by atoms with Gasteiger partial charge < -0.3 is 15.8 Å². The highest BCUT2D eigenvalue weighted by Crippen LogP contribution is 2.28. The smallest absolute Gasteiger partial charge is 0.305 e. The molecule has 0 radical (unpaired) electrons. The maximum absolute atomic E-state index is 11.8. The molecule has 1 amide bonds. The first-order valence-corrected chi connectivity index (χ1v) is 7.32. The number of hydrogen-bond donors (Lipinski definition) is 2. The van der Waals surface area contributed by atoms with Gasteiger partial charge in [0.25, 0.3) is 0 Å². The summed E-state index contributed by atoms with van der Waals surface area (Å²) in [6.45, 7) is 1.59. The van der Waals surface area contributed by atoms with Crippen molar-refractivity contribution in [3.05, 3.63) is 0 Å². The van der Waals surface area contributed by atoms with Crippen LogP contribution < -0.4 is 11.1 Å². The minimum Gasteiger partial charge on any atom is -0.469 e. The Hall–Kier alpha value is -1.14. The van der Waals surface area contributed by atoms with Crippen LogP contribution in [0.5, 0.6) is 0 Å². The zero-order valence-corrected chi connectivity index (χ0v) is 12.6. The van der Waals surface area contributed by atoms with E-state index in [4.69, 9.17) is 5.73 Å². The van der Waals surface area contributed by atoms with Gasteiger partial charge in [-0.3, -0.25) is 14.5 Å². The number of carbonyl (C=O) groups is 2. The van der Waals surface area contributed by atoms with Crippen LogP contribution in [-0.4, -0.2) is 56.6 Å². The Bertz CT molecular complexity index is 323. The molecule has 1 aliphatic rings. The summed E-state index contributed by atoms with van der Waals surface area (Å²) < 4.78 is 4.54. The number of amides is 1. The summed E-state index contributed by atoms with van der Waals surface area (Å²) in [6.07, 6.45) is 4.42. The summed E-state index contributed by atoms with van der Waals surface area (Å²) in [5, 5.41) is 2.83. The van der Waals surface area contributed by atoms with E-state index >= 15 is 0 Å². The third kappa shape index (κ3) is 5.46. The van der Waals surface area contributed by atoms with Crippen molar-refractivity contribution in [2.45, 2.75) is 38.1 Å². The van der Waals surface area contributed by atoms with Crippen LogP contribution in [0.3, 0.4) is 0 Å². The summed E-state index contributed by atoms with van der Waals surface area (Å²) in [5.41, 5.74) is 5.76. The van der Waals surface area contributed by atoms with Crippen LogP contribution in [0.15, 0.2) is 0 Å². The molecule has 6 nitrogen and oxygen atoms in total. The Morgan fingerprint density at radius 1 is 1.40 bits per heavy atom. The number of nitrogens with one attached hydrogen (secondary N) is 1. The molecule has 1 rings (SSSR count). The van der Waals surface area contributed by atoms with Gasteiger partial charge in [0.05, 0.1) is 13.7 Å². The average Bonchev–Trinajstić information content (AvgIpc) is 2.91. The van der Waals surface area contributed by atoms with Crippen LogP contribution in [0.4, 0.5) is 0 Å². The number of methoxy groups -OCH3 is 1. The monoisotopic (exact) mass is 285 g/mol. The Labute approximate surface area is 121 Å². The lowest BCUT2D eigenvalue weighted by molar-refractivity contribution is -0.140. The predicted molar refractivity (Wildman–Crippen MR) is 77.1 cm³/mol. The maximum Gasteiger partial charge on any atom is 0.305 e. The van der Waals surface area contributed by atoms with Gasteiger partial charge in [-0.1, -0.05) is 6.42 Å². The first-order chi connectivity index (χ1) is 9.58. The summed E-state index contributed by atoms with van der Waals surface area (Å²) in [6, 6.07) is 0.417. The fourth-order valence-corrected chi connectivity index (χ4v) is 2.83. The third-order valence-corrected chi connectivity index (χ3v) is 3.99. The summed E-state index contributed by atoms with van der Waals surface area (Å²) in [4.78, 5) is 24.8. The van der Waals surface area contributed by atoms with Crippen molar-refractivity contribution in [1.29, 1.82) is 0 Å². The van der Waals surface area contributed by atoms with Gasteiger partial charge in [-0.2, -0.15) is 0 Å². The number of esters is 1. The molecule has 116 valence electrons. The molecule has 0 bridgehead atoms. The number of nitrogens with zero attached hydrogens (tertiary/aromatic N) is 1. The van der Waals surface area contributed by atoms with E-state index < -0.39 is 0 Å². The Kier molecular flexibility index (Phi) is 7.54. The molecule has 0 heterocycles. The number of ether oxygens (including phenoxy) is 1. The molecule has 0 spiro atoms. The molecule has 1 fully saturated rings. The average molecular weight is 285 g/mol. The first-order valence-electron chi connectivity index (χ1n) is 7.32. The predicted octanol–water partition coefficient (Wildman–Crippen LogP) is 0.115. The SMILES string of the molecule is COC(=O)CCCNC(=O)CN(C)C1CCCC1CN. The van der Waals surface area contributed by atoms with Crippen LogP contribution in [0, 0.1) is 5.92 Å². The van der Waals surface area contributed by atoms with Crippen molar-refractivity contribution in [2.24, 2.45) is 11.7 Å². The van der Waals surface area contributed by atoms with Crippen molar-refractivity contribution in [3.8, 4) is 0 Å². The molecular weight excluding hydrogens is 258 g/mol. The summed E-state index contributed by atoms with van der Waals surface area (Å²) >= 11 is 0. The largest absolute Gasteiger partial charge is 0.469 e. The molecule has 6 heteroatoms. The lowest BCUT2D eigenvalue weighted by atomic mass is 10.0. The fourth-order valence-electron chi connectivity index (χ4n) is 2.83. The summed E-state index contributed by atoms with van der Waals surface area (Å²) in [7, 11) is 3.35. The lowest BCUT2D eigenvalue weighted by Gasteiger charge is -2.28. The van der Waals surface area contributed by atoms with Crippen LogP contribution in [0.25, 0.3) is 0 Å². The molecule has 20 heavy (non-hydrogen) atoms. The zero-order valence-electron chi connectivity index (χ0n) is 12.6. The number of likely N-dealkylation sites (N-methyl/N-ethyl adjacent to an activating group) is 1. The second-order valence-corrected chi connectivity index (χ2v) is 5.44. The van der Waals surface area contributed by atoms with Crippen molar-refractivity contribution >= 4 is 11.9 Å². The van der Waals surface area contributed by atoms with Gasteiger partial charge in [0.1, 0.15) is 0 Å². The highest BCUT2D eigenvalue weighted by Gasteiger charge is 2.29. The standard InChI is InChI=1S/C14H27N3O3/c1-17(12-6-3-5-11(12)9-15)10-13(18)16-8-4-7-14(19)20-2/h11-12H,3-10,15H2,1-2H3,(H,16,18). The van der Waals surface area contributed by atoms with Gasteiger partial charge in [0.15, 0.2) is 0 Å². The molecule has 0 saturated heterocycles. The Morgan fingerprint density at radius 3 is 2.80 bits per heavy atom. The number of nitrogens with two attached hydrogens (primary N) is 1. The topological polar surface area (TPSA) is 84.7 Å². The Morgan fingerprint density at radius 2 is 2.15 bits per heavy atom. The van der Waals surface area contributed by atoms with Gasteiger partial charge in [-0.05, 0) is 38.8 Å². The van der Waals surface area contributed by atoms with Gasteiger partial charge in [0, 0.05) is 19.0 Å². The van der Waals surface area contributed by atoms with E-state index in [0.29, 0.717) is 44.4 Å². The van der Waals surface area contributed by atoms with Crippen molar-refractivity contribution in [2.75, 3.05) is 33.8 Å². The van der Waals surface area contributed by atoms with Crippen molar-refractivity contribution < 1.29 is 14.3 Å². The first kappa shape index (κ1) is 16.9. The van der Waals surface area contributed by atoms with E-state index in [2.05, 4.69) is 15.0 Å². The van der Waals surface area contributed by atoms with Crippen LogP contribution in [-0.2, 0) is 14.3 Å². The number of carbonyl (C=O) groups excluding carboxylic acids is 2. The summed E-state index contributed by atoms with van der Waals surface area (Å²) in [5.74, 6) is 0.264. The molecule has 0 aromatic heterocycles. The molecule has 0 aromatic carbocycles. The van der Waals surface area contributed by atoms with Crippen LogP contribution in [0.1, 0.15) is 32.1 Å². The normalized spacial score (nSPS) is 22.0. The lowest BCUT2D eigenvalue weighted by Crippen LogP contribution is -2.43. The number of rotatable bonds is 8. The maximum atomic E-state index is 11.8. The minimum absolute atomic E-state index is 0.0000345. The quantitative estimate of drug-likeness (QED) is 0.488. The molecule has 2 atom stereocenters. The van der Waals surface area contributed by atoms with E-state index in [-0.39, 0.29) is 11.9 Å². The fraction of sp³-hybridized carbons (Fsp3) is 0.857. The molecule has 2 unspecified atom stereocenters. The van der Waals surface area contributed by atoms with E-state index in [1.807, 2.05) is 7.05 Å². The second kappa shape index (κ2) is 8.92. The van der Waals surface area contributed by atoms with Gasteiger partial charge in [-0.15, -0.1) is 0 Å². The van der Waals surface area contributed by atoms with E-state index in [1.54, 1.807) is 0 Å². The molecule has 1 saturated carbocycles. The minimum atomic E-state index is -0.242. The van der Waals surface area contributed by atoms with Crippen LogP contribution in [0.2, 0.25) is 0 Å². The van der Waals surface area contributed by atoms with E-state index in [9.17, 15) is 9.59 Å². The van der Waals surface area contributed by atoms with Crippen molar-refractivity contribution in [1.82, 2.24) is 10.2 Å². The highest BCUT2D eigenvalue weighted by atomic mass is 16.5. The molecular formula is C14H27N3O3. The van der Waals surface area contributed by atoms with Crippen molar-refractivity contribution in [3.63, 3.8) is 0 Å². The van der Waals surface area contributed by atoms with E-state index in [1.165, 1.54) is 13.5 Å². The van der Waals surface area contributed by atoms with Gasteiger partial charge in [-0.25, -0.2) is 0 Å². The molecule has 0 aromatic rings. The second-order valence-electron chi connectivity index (χ2n) is 5.44. The van der Waals surface area contributed by atoms with E-state index in [0.717, 1.165) is 12.8 Å². The van der Waals surface area contributed by atoms with Gasteiger partial charge >= 0.3 is 5.97 Å². The highest BCUT2D eigenvalue weighted by molar-refractivity contribution is 5.78. The van der Waals surface area contributed by atoms with Gasteiger partial charge in [0.2, 0.25) is 5.91 Å². The molecule has 1 aliphatic carbocycles. The number of hydrogen-bond acceptors (Lipinski definition) is 5. The molecule has 0 aliphatic heterocycles. The van der Waals surface area contributed by atoms with Crippen LogP contribution >= 0.6 is 0 Å². The third-order valence-electron chi connectivity index (χ3n) is 3.99. The zero-order chi connectivity index (χ0) is 15.0.